The second-order valence-corrected chi connectivity index (χ2v) is 6.05. The van der Waals surface area contributed by atoms with E-state index in [0.717, 1.165) is 5.39 Å². The fraction of sp³-hybridized carbons (Fsp3) is 0.0714. The topological polar surface area (TPSA) is 61.2 Å². The van der Waals surface area contributed by atoms with Crippen molar-refractivity contribution in [2.24, 2.45) is 0 Å². The summed E-state index contributed by atoms with van der Waals surface area (Å²) in [6, 6.07) is 9.91. The number of nitrogens with zero attached hydrogens (tertiary/aromatic N) is 2. The smallest absolute Gasteiger partial charge is 0.268 e. The van der Waals surface area contributed by atoms with Crippen LogP contribution in [-0.4, -0.2) is 24.5 Å². The van der Waals surface area contributed by atoms with E-state index in [1.807, 2.05) is 0 Å². The van der Waals surface area contributed by atoms with Crippen LogP contribution in [0.3, 0.4) is 0 Å². The zero-order chi connectivity index (χ0) is 14.2. The van der Waals surface area contributed by atoms with Gasteiger partial charge in [-0.25, -0.2) is 12.4 Å². The summed E-state index contributed by atoms with van der Waals surface area (Å²) in [6.45, 7) is 0. The number of hydrogen-bond acceptors (Lipinski definition) is 4. The van der Waals surface area contributed by atoms with E-state index in [9.17, 15) is 8.42 Å². The summed E-state index contributed by atoms with van der Waals surface area (Å²) in [7, 11) is -2.16. The number of rotatable bonds is 3. The predicted octanol–water partition coefficient (Wildman–Crippen LogP) is 2.28. The number of methoxy groups -OCH3 is 1. The largest absolute Gasteiger partial charge is 0.497 e. The molecule has 0 radical (unpaired) electrons. The summed E-state index contributed by atoms with van der Waals surface area (Å²) in [5, 5.41) is 0.825. The van der Waals surface area contributed by atoms with Gasteiger partial charge in [0.2, 0.25) is 0 Å². The fourth-order valence-corrected chi connectivity index (χ4v) is 3.41. The molecule has 2 heterocycles. The van der Waals surface area contributed by atoms with Crippen molar-refractivity contribution in [2.45, 2.75) is 4.90 Å². The minimum Gasteiger partial charge on any atom is -0.497 e. The maximum atomic E-state index is 12.7. The molecule has 0 aliphatic heterocycles. The normalized spacial score (nSPS) is 11.7. The van der Waals surface area contributed by atoms with E-state index in [-0.39, 0.29) is 4.90 Å². The average Bonchev–Trinajstić information content (AvgIpc) is 2.92. The van der Waals surface area contributed by atoms with Gasteiger partial charge in [-0.05, 0) is 24.3 Å². The molecule has 20 heavy (non-hydrogen) atoms. The lowest BCUT2D eigenvalue weighted by Gasteiger charge is -2.08. The second kappa shape index (κ2) is 4.64. The number of hydrogen-bond donors (Lipinski definition) is 0. The van der Waals surface area contributed by atoms with E-state index in [1.54, 1.807) is 36.5 Å². The first-order chi connectivity index (χ1) is 9.63. The molecule has 6 heteroatoms. The molecule has 3 aromatic rings. The Balaban J connectivity index is 2.21. The van der Waals surface area contributed by atoms with E-state index >= 15 is 0 Å². The maximum Gasteiger partial charge on any atom is 0.268 e. The molecule has 0 fully saturated rings. The van der Waals surface area contributed by atoms with Crippen LogP contribution in [-0.2, 0) is 10.0 Å². The number of aromatic nitrogens is 2. The van der Waals surface area contributed by atoms with Gasteiger partial charge in [-0.2, -0.15) is 0 Å². The van der Waals surface area contributed by atoms with Crippen LogP contribution in [0.5, 0.6) is 5.75 Å². The Morgan fingerprint density at radius 2 is 2.05 bits per heavy atom. The van der Waals surface area contributed by atoms with Crippen molar-refractivity contribution >= 4 is 20.9 Å². The van der Waals surface area contributed by atoms with Gasteiger partial charge >= 0.3 is 0 Å². The van der Waals surface area contributed by atoms with Crippen molar-refractivity contribution in [3.05, 3.63) is 55.0 Å². The van der Waals surface area contributed by atoms with E-state index in [0.29, 0.717) is 11.3 Å². The molecule has 0 spiro atoms. The third-order valence-corrected chi connectivity index (χ3v) is 4.74. The highest BCUT2D eigenvalue weighted by Crippen LogP contribution is 2.23. The lowest BCUT2D eigenvalue weighted by molar-refractivity contribution is 0.413. The van der Waals surface area contributed by atoms with E-state index in [2.05, 4.69) is 4.98 Å². The first-order valence-electron chi connectivity index (χ1n) is 5.93. The van der Waals surface area contributed by atoms with Crippen LogP contribution >= 0.6 is 0 Å². The van der Waals surface area contributed by atoms with Crippen LogP contribution in [0.15, 0.2) is 59.9 Å². The Labute approximate surface area is 116 Å². The lowest BCUT2D eigenvalue weighted by atomic mass is 10.3. The molecule has 0 atom stereocenters. The Morgan fingerprint density at radius 1 is 1.20 bits per heavy atom. The fourth-order valence-electron chi connectivity index (χ4n) is 2.04. The minimum absolute atomic E-state index is 0.179. The van der Waals surface area contributed by atoms with Crippen LogP contribution in [0.25, 0.3) is 10.9 Å². The standard InChI is InChI=1S/C14H12N2O3S/c1-19-12-3-2-4-13(9-12)20(17,18)16-8-6-11-5-7-15-10-14(11)16/h2-10H,1H3. The molecule has 0 saturated carbocycles. The molecule has 0 aliphatic carbocycles. The summed E-state index contributed by atoms with van der Waals surface area (Å²) < 4.78 is 31.6. The highest BCUT2D eigenvalue weighted by atomic mass is 32.2. The van der Waals surface area contributed by atoms with Gasteiger partial charge in [-0.3, -0.25) is 4.98 Å². The molecule has 3 rings (SSSR count). The molecular formula is C14H12N2O3S. The van der Waals surface area contributed by atoms with E-state index in [4.69, 9.17) is 4.74 Å². The minimum atomic E-state index is -3.66. The van der Waals surface area contributed by atoms with Crippen LogP contribution < -0.4 is 4.74 Å². The maximum absolute atomic E-state index is 12.7. The molecule has 2 aromatic heterocycles. The molecular weight excluding hydrogens is 276 g/mol. The molecule has 0 aliphatic rings. The summed E-state index contributed by atoms with van der Waals surface area (Å²) in [5.74, 6) is 0.501. The molecule has 5 nitrogen and oxygen atoms in total. The molecule has 0 unspecified atom stereocenters. The van der Waals surface area contributed by atoms with Gasteiger partial charge in [0.05, 0.1) is 23.7 Å². The second-order valence-electron chi connectivity index (χ2n) is 4.23. The van der Waals surface area contributed by atoms with Gasteiger partial charge in [0.1, 0.15) is 5.75 Å². The molecule has 0 saturated heterocycles. The molecule has 0 N–H and O–H groups in total. The molecule has 0 amide bonds. The average molecular weight is 288 g/mol. The van der Waals surface area contributed by atoms with Gasteiger partial charge in [0.25, 0.3) is 10.0 Å². The SMILES string of the molecule is COc1cccc(S(=O)(=O)n2ccc3ccncc32)c1. The highest BCUT2D eigenvalue weighted by Gasteiger charge is 2.19. The molecule has 0 bridgehead atoms. The number of pyridine rings is 1. The van der Waals surface area contributed by atoms with Crippen molar-refractivity contribution in [1.29, 1.82) is 0 Å². The number of ether oxygens (including phenoxy) is 1. The number of fused-ring (bicyclic) bond motifs is 1. The van der Waals surface area contributed by atoms with Crippen molar-refractivity contribution in [3.8, 4) is 5.75 Å². The lowest BCUT2D eigenvalue weighted by Crippen LogP contribution is -2.11. The molecule has 102 valence electrons. The zero-order valence-corrected chi connectivity index (χ0v) is 11.5. The van der Waals surface area contributed by atoms with Crippen LogP contribution in [0.1, 0.15) is 0 Å². The van der Waals surface area contributed by atoms with E-state index < -0.39 is 10.0 Å². The van der Waals surface area contributed by atoms with Crippen molar-refractivity contribution in [3.63, 3.8) is 0 Å². The van der Waals surface area contributed by atoms with Crippen molar-refractivity contribution < 1.29 is 13.2 Å². The Hall–Kier alpha value is -2.34. The Bertz CT molecular complexity index is 869. The van der Waals surface area contributed by atoms with Gasteiger partial charge in [-0.15, -0.1) is 0 Å². The predicted molar refractivity (Wildman–Crippen MR) is 75.3 cm³/mol. The van der Waals surface area contributed by atoms with Crippen LogP contribution in [0.2, 0.25) is 0 Å². The summed E-state index contributed by atoms with van der Waals surface area (Å²) in [4.78, 5) is 4.16. The highest BCUT2D eigenvalue weighted by molar-refractivity contribution is 7.90. The van der Waals surface area contributed by atoms with Crippen molar-refractivity contribution in [1.82, 2.24) is 8.96 Å². The van der Waals surface area contributed by atoms with Gasteiger partial charge in [0, 0.05) is 23.8 Å². The summed E-state index contributed by atoms with van der Waals surface area (Å²) >= 11 is 0. The first-order valence-corrected chi connectivity index (χ1v) is 7.37. The summed E-state index contributed by atoms with van der Waals surface area (Å²) in [6.07, 6.45) is 4.69. The van der Waals surface area contributed by atoms with Gasteiger partial charge in [-0.1, -0.05) is 6.07 Å². The zero-order valence-electron chi connectivity index (χ0n) is 10.7. The monoisotopic (exact) mass is 288 g/mol. The number of benzene rings is 1. The van der Waals surface area contributed by atoms with Crippen LogP contribution in [0.4, 0.5) is 0 Å². The Kier molecular flexibility index (Phi) is 2.94. The van der Waals surface area contributed by atoms with Crippen LogP contribution in [0, 0.1) is 0 Å². The van der Waals surface area contributed by atoms with Gasteiger partial charge < -0.3 is 4.74 Å². The third kappa shape index (κ3) is 1.94. The third-order valence-electron chi connectivity index (χ3n) is 3.06. The summed E-state index contributed by atoms with van der Waals surface area (Å²) in [5.41, 5.74) is 0.551. The quantitative estimate of drug-likeness (QED) is 0.742. The molecule has 1 aromatic carbocycles. The Morgan fingerprint density at radius 3 is 2.85 bits per heavy atom. The van der Waals surface area contributed by atoms with Gasteiger partial charge in [0.15, 0.2) is 0 Å². The van der Waals surface area contributed by atoms with Crippen molar-refractivity contribution in [2.75, 3.05) is 7.11 Å². The first kappa shape index (κ1) is 12.7. The van der Waals surface area contributed by atoms with E-state index in [1.165, 1.54) is 29.5 Å².